The van der Waals surface area contributed by atoms with Crippen LogP contribution in [-0.4, -0.2) is 11.6 Å². The average Bonchev–Trinajstić information content (AvgIpc) is 2.40. The standard InChI is InChI=1S/C14H12N2O/c1-2-17-14-5-3-4-12(7-14)13-6-11(8-15)9-16-10-13/h3-7,9-10H,2H2,1H3. The van der Waals surface area contributed by atoms with Crippen molar-refractivity contribution in [2.75, 3.05) is 6.61 Å². The van der Waals surface area contributed by atoms with Crippen LogP contribution in [0.4, 0.5) is 0 Å². The van der Waals surface area contributed by atoms with Crippen LogP contribution in [0.15, 0.2) is 42.7 Å². The van der Waals surface area contributed by atoms with Gasteiger partial charge in [0, 0.05) is 18.0 Å². The largest absolute Gasteiger partial charge is 0.494 e. The van der Waals surface area contributed by atoms with E-state index in [1.54, 1.807) is 12.4 Å². The number of aromatic nitrogens is 1. The summed E-state index contributed by atoms with van der Waals surface area (Å²) in [5, 5.41) is 8.83. The van der Waals surface area contributed by atoms with E-state index < -0.39 is 0 Å². The number of pyridine rings is 1. The number of benzene rings is 1. The van der Waals surface area contributed by atoms with E-state index >= 15 is 0 Å². The van der Waals surface area contributed by atoms with Crippen LogP contribution in [0.2, 0.25) is 0 Å². The number of hydrogen-bond acceptors (Lipinski definition) is 3. The quantitative estimate of drug-likeness (QED) is 0.805. The molecule has 84 valence electrons. The van der Waals surface area contributed by atoms with E-state index in [-0.39, 0.29) is 0 Å². The SMILES string of the molecule is CCOc1cccc(-c2cncc(C#N)c2)c1. The third kappa shape index (κ3) is 2.61. The predicted molar refractivity (Wildman–Crippen MR) is 65.6 cm³/mol. The first-order valence-corrected chi connectivity index (χ1v) is 5.42. The van der Waals surface area contributed by atoms with Crippen LogP contribution in [0.5, 0.6) is 5.75 Å². The average molecular weight is 224 g/mol. The minimum Gasteiger partial charge on any atom is -0.494 e. The van der Waals surface area contributed by atoms with Crippen LogP contribution in [0, 0.1) is 11.3 Å². The molecule has 0 saturated carbocycles. The molecule has 0 N–H and O–H groups in total. The van der Waals surface area contributed by atoms with Crippen molar-refractivity contribution in [2.24, 2.45) is 0 Å². The molecule has 17 heavy (non-hydrogen) atoms. The second-order valence-electron chi connectivity index (χ2n) is 3.53. The minimum absolute atomic E-state index is 0.560. The van der Waals surface area contributed by atoms with E-state index in [0.717, 1.165) is 16.9 Å². The summed E-state index contributed by atoms with van der Waals surface area (Å²) < 4.78 is 5.44. The van der Waals surface area contributed by atoms with Crippen molar-refractivity contribution < 1.29 is 4.74 Å². The van der Waals surface area contributed by atoms with Crippen molar-refractivity contribution in [3.05, 3.63) is 48.3 Å². The molecule has 0 aliphatic carbocycles. The van der Waals surface area contributed by atoms with Crippen molar-refractivity contribution in [1.82, 2.24) is 4.98 Å². The van der Waals surface area contributed by atoms with Gasteiger partial charge in [-0.2, -0.15) is 5.26 Å². The summed E-state index contributed by atoms with van der Waals surface area (Å²) in [4.78, 5) is 4.04. The van der Waals surface area contributed by atoms with Crippen molar-refractivity contribution >= 4 is 0 Å². The van der Waals surface area contributed by atoms with Crippen molar-refractivity contribution in [2.45, 2.75) is 6.92 Å². The van der Waals surface area contributed by atoms with Gasteiger partial charge in [0.2, 0.25) is 0 Å². The first kappa shape index (κ1) is 11.2. The van der Waals surface area contributed by atoms with Gasteiger partial charge in [0.05, 0.1) is 12.2 Å². The molecule has 0 fully saturated rings. The molecular weight excluding hydrogens is 212 g/mol. The normalized spacial score (nSPS) is 9.65. The third-order valence-corrected chi connectivity index (χ3v) is 2.35. The number of ether oxygens (including phenoxy) is 1. The molecule has 2 aromatic rings. The molecule has 3 heteroatoms. The summed E-state index contributed by atoms with van der Waals surface area (Å²) >= 11 is 0. The maximum Gasteiger partial charge on any atom is 0.119 e. The van der Waals surface area contributed by atoms with E-state index in [1.807, 2.05) is 37.3 Å². The van der Waals surface area contributed by atoms with Gasteiger partial charge in [-0.05, 0) is 30.7 Å². The molecule has 2 rings (SSSR count). The van der Waals surface area contributed by atoms with Crippen LogP contribution >= 0.6 is 0 Å². The molecule has 0 unspecified atom stereocenters. The minimum atomic E-state index is 0.560. The molecule has 0 radical (unpaired) electrons. The second kappa shape index (κ2) is 5.13. The molecule has 0 saturated heterocycles. The van der Waals surface area contributed by atoms with Gasteiger partial charge < -0.3 is 4.74 Å². The van der Waals surface area contributed by atoms with E-state index in [1.165, 1.54) is 0 Å². The van der Waals surface area contributed by atoms with Crippen molar-refractivity contribution in [3.63, 3.8) is 0 Å². The lowest BCUT2D eigenvalue weighted by Gasteiger charge is -2.06. The van der Waals surface area contributed by atoms with Crippen molar-refractivity contribution in [3.8, 4) is 22.9 Å². The lowest BCUT2D eigenvalue weighted by atomic mass is 10.1. The molecule has 0 aliphatic heterocycles. The highest BCUT2D eigenvalue weighted by molar-refractivity contribution is 5.65. The molecule has 0 atom stereocenters. The fourth-order valence-electron chi connectivity index (χ4n) is 1.59. The van der Waals surface area contributed by atoms with Crippen LogP contribution in [-0.2, 0) is 0 Å². The van der Waals surface area contributed by atoms with Gasteiger partial charge in [0.1, 0.15) is 11.8 Å². The lowest BCUT2D eigenvalue weighted by molar-refractivity contribution is 0.340. The molecule has 0 aliphatic rings. The number of hydrogen-bond donors (Lipinski definition) is 0. The summed E-state index contributed by atoms with van der Waals surface area (Å²) in [5.41, 5.74) is 2.48. The molecule has 3 nitrogen and oxygen atoms in total. The topological polar surface area (TPSA) is 45.9 Å². The molecule has 0 spiro atoms. The summed E-state index contributed by atoms with van der Waals surface area (Å²) in [6.07, 6.45) is 3.29. The number of nitriles is 1. The Morgan fingerprint density at radius 2 is 2.12 bits per heavy atom. The Labute approximate surface area is 100 Å². The zero-order valence-corrected chi connectivity index (χ0v) is 9.55. The molecule has 1 heterocycles. The Bertz CT molecular complexity index is 558. The highest BCUT2D eigenvalue weighted by atomic mass is 16.5. The summed E-state index contributed by atoms with van der Waals surface area (Å²) in [6.45, 7) is 2.59. The first-order chi connectivity index (χ1) is 8.33. The Morgan fingerprint density at radius 1 is 1.24 bits per heavy atom. The van der Waals surface area contributed by atoms with E-state index in [0.29, 0.717) is 12.2 Å². The Balaban J connectivity index is 2.39. The highest BCUT2D eigenvalue weighted by Crippen LogP contribution is 2.23. The van der Waals surface area contributed by atoms with Gasteiger partial charge in [-0.3, -0.25) is 4.98 Å². The highest BCUT2D eigenvalue weighted by Gasteiger charge is 2.01. The summed E-state index contributed by atoms with van der Waals surface area (Å²) in [7, 11) is 0. The third-order valence-electron chi connectivity index (χ3n) is 2.35. The van der Waals surface area contributed by atoms with Crippen LogP contribution < -0.4 is 4.74 Å². The second-order valence-corrected chi connectivity index (χ2v) is 3.53. The number of rotatable bonds is 3. The van der Waals surface area contributed by atoms with Gasteiger partial charge in [-0.15, -0.1) is 0 Å². The van der Waals surface area contributed by atoms with Gasteiger partial charge in [0.15, 0.2) is 0 Å². The fraction of sp³-hybridized carbons (Fsp3) is 0.143. The van der Waals surface area contributed by atoms with Gasteiger partial charge in [0.25, 0.3) is 0 Å². The lowest BCUT2D eigenvalue weighted by Crippen LogP contribution is -1.91. The van der Waals surface area contributed by atoms with Gasteiger partial charge in [-0.25, -0.2) is 0 Å². The van der Waals surface area contributed by atoms with Crippen LogP contribution in [0.3, 0.4) is 0 Å². The molecular formula is C14H12N2O. The molecule has 0 bridgehead atoms. The Morgan fingerprint density at radius 3 is 2.88 bits per heavy atom. The monoisotopic (exact) mass is 224 g/mol. The summed E-state index contributed by atoms with van der Waals surface area (Å²) in [6, 6.07) is 11.7. The van der Waals surface area contributed by atoms with E-state index in [2.05, 4.69) is 11.1 Å². The van der Waals surface area contributed by atoms with Gasteiger partial charge in [-0.1, -0.05) is 12.1 Å². The maximum atomic E-state index is 8.83. The van der Waals surface area contributed by atoms with E-state index in [4.69, 9.17) is 10.00 Å². The molecule has 1 aromatic carbocycles. The fourth-order valence-corrected chi connectivity index (χ4v) is 1.59. The zero-order valence-electron chi connectivity index (χ0n) is 9.55. The van der Waals surface area contributed by atoms with Crippen molar-refractivity contribution in [1.29, 1.82) is 5.26 Å². The molecule has 1 aromatic heterocycles. The van der Waals surface area contributed by atoms with Crippen LogP contribution in [0.1, 0.15) is 12.5 Å². The molecule has 0 amide bonds. The predicted octanol–water partition coefficient (Wildman–Crippen LogP) is 3.02. The van der Waals surface area contributed by atoms with Crippen LogP contribution in [0.25, 0.3) is 11.1 Å². The van der Waals surface area contributed by atoms with E-state index in [9.17, 15) is 0 Å². The van der Waals surface area contributed by atoms with Gasteiger partial charge >= 0.3 is 0 Å². The Kier molecular flexibility index (Phi) is 3.37. The number of nitrogens with zero attached hydrogens (tertiary/aromatic N) is 2. The smallest absolute Gasteiger partial charge is 0.119 e. The zero-order chi connectivity index (χ0) is 12.1. The Hall–Kier alpha value is -2.34. The summed E-state index contributed by atoms with van der Waals surface area (Å²) in [5.74, 6) is 0.826. The maximum absolute atomic E-state index is 8.83. The first-order valence-electron chi connectivity index (χ1n) is 5.42.